The van der Waals surface area contributed by atoms with Crippen LogP contribution in [0.25, 0.3) is 0 Å². The van der Waals surface area contributed by atoms with E-state index in [4.69, 9.17) is 0 Å². The zero-order chi connectivity index (χ0) is 15.4. The van der Waals surface area contributed by atoms with Crippen molar-refractivity contribution in [3.05, 3.63) is 64.1 Å². The van der Waals surface area contributed by atoms with Gasteiger partial charge in [-0.05, 0) is 40.9 Å². The van der Waals surface area contributed by atoms with Gasteiger partial charge in [-0.3, -0.25) is 9.80 Å². The van der Waals surface area contributed by atoms with E-state index in [1.54, 1.807) is 6.07 Å². The molecular weight excluding hydrogens is 342 g/mol. The summed E-state index contributed by atoms with van der Waals surface area (Å²) in [7, 11) is 0. The second-order valence-corrected chi connectivity index (χ2v) is 6.04. The first-order valence-electron chi connectivity index (χ1n) is 7.30. The Morgan fingerprint density at radius 1 is 1.00 bits per heavy atom. The summed E-state index contributed by atoms with van der Waals surface area (Å²) in [5.74, 6) is -0.0442. The molecule has 5 heteroatoms. The molecular formula is C17H16BrN3O. The molecule has 0 amide bonds. The van der Waals surface area contributed by atoms with E-state index in [0.717, 1.165) is 30.4 Å². The topological polar surface area (TPSA) is 45.0 Å². The third-order valence-corrected chi connectivity index (χ3v) is 4.26. The van der Waals surface area contributed by atoms with E-state index < -0.39 is 0 Å². The molecule has 1 aliphatic rings. The minimum Gasteiger partial charge on any atom is -0.289 e. The van der Waals surface area contributed by atoms with Gasteiger partial charge in [0.1, 0.15) is 5.69 Å². The average Bonchev–Trinajstić information content (AvgIpc) is 3.07. The van der Waals surface area contributed by atoms with Gasteiger partial charge < -0.3 is 0 Å². The predicted molar refractivity (Wildman–Crippen MR) is 89.3 cm³/mol. The van der Waals surface area contributed by atoms with Gasteiger partial charge in [0.25, 0.3) is 0 Å². The number of hydrogen-bond donors (Lipinski definition) is 0. The molecule has 1 saturated heterocycles. The van der Waals surface area contributed by atoms with Gasteiger partial charge in [0.2, 0.25) is 0 Å². The molecule has 0 aromatic heterocycles. The number of benzene rings is 2. The van der Waals surface area contributed by atoms with Crippen molar-refractivity contribution in [3.63, 3.8) is 0 Å². The molecule has 2 aromatic carbocycles. The van der Waals surface area contributed by atoms with E-state index in [2.05, 4.69) is 26.3 Å². The number of carbonyl (C=O) groups is 1. The molecule has 0 N–H and O–H groups in total. The molecule has 0 unspecified atom stereocenters. The van der Waals surface area contributed by atoms with Crippen LogP contribution in [0.3, 0.4) is 0 Å². The van der Waals surface area contributed by atoms with Crippen LogP contribution in [0.1, 0.15) is 28.8 Å². The van der Waals surface area contributed by atoms with E-state index in [1.165, 1.54) is 0 Å². The molecule has 0 bridgehead atoms. The standard InChI is InChI=1S/C17H16BrN3O/c18-15-10-6-9-14(17(22)13-7-2-1-3-8-13)16(15)19-20-21-11-4-5-12-21/h1-3,6-10H,4-5,11-12H2. The molecule has 0 spiro atoms. The van der Waals surface area contributed by atoms with Crippen molar-refractivity contribution >= 4 is 27.4 Å². The smallest absolute Gasteiger partial charge is 0.195 e. The van der Waals surface area contributed by atoms with Gasteiger partial charge in [-0.15, -0.1) is 5.11 Å². The van der Waals surface area contributed by atoms with Crippen LogP contribution in [-0.2, 0) is 0 Å². The lowest BCUT2D eigenvalue weighted by Crippen LogP contribution is -2.09. The lowest BCUT2D eigenvalue weighted by Gasteiger charge is -2.09. The molecule has 0 saturated carbocycles. The normalized spacial score (nSPS) is 14.7. The average molecular weight is 358 g/mol. The maximum Gasteiger partial charge on any atom is 0.195 e. The van der Waals surface area contributed by atoms with Gasteiger partial charge in [0, 0.05) is 23.1 Å². The first-order chi connectivity index (χ1) is 10.8. The first kappa shape index (κ1) is 14.9. The predicted octanol–water partition coefficient (Wildman–Crippen LogP) is 4.77. The Kier molecular flexibility index (Phi) is 4.63. The van der Waals surface area contributed by atoms with Gasteiger partial charge in [-0.25, -0.2) is 0 Å². The summed E-state index contributed by atoms with van der Waals surface area (Å²) < 4.78 is 0.775. The molecule has 3 rings (SSSR count). The van der Waals surface area contributed by atoms with Crippen LogP contribution in [0, 0.1) is 0 Å². The Morgan fingerprint density at radius 2 is 1.73 bits per heavy atom. The van der Waals surface area contributed by atoms with Gasteiger partial charge in [-0.2, -0.15) is 0 Å². The number of rotatable bonds is 4. The highest BCUT2D eigenvalue weighted by atomic mass is 79.9. The molecule has 0 radical (unpaired) electrons. The molecule has 22 heavy (non-hydrogen) atoms. The Labute approximate surface area is 138 Å². The zero-order valence-corrected chi connectivity index (χ0v) is 13.7. The molecule has 1 heterocycles. The molecule has 4 nitrogen and oxygen atoms in total. The summed E-state index contributed by atoms with van der Waals surface area (Å²) in [4.78, 5) is 12.7. The third kappa shape index (κ3) is 3.25. The van der Waals surface area contributed by atoms with Crippen LogP contribution >= 0.6 is 15.9 Å². The summed E-state index contributed by atoms with van der Waals surface area (Å²) in [6.45, 7) is 1.85. The lowest BCUT2D eigenvalue weighted by atomic mass is 10.0. The fourth-order valence-electron chi connectivity index (χ4n) is 2.44. The largest absolute Gasteiger partial charge is 0.289 e. The van der Waals surface area contributed by atoms with Crippen LogP contribution in [0.15, 0.2) is 63.3 Å². The van der Waals surface area contributed by atoms with Crippen molar-refractivity contribution in [2.45, 2.75) is 12.8 Å². The highest BCUT2D eigenvalue weighted by Gasteiger charge is 2.16. The van der Waals surface area contributed by atoms with Crippen molar-refractivity contribution in [2.75, 3.05) is 13.1 Å². The van der Waals surface area contributed by atoms with Crippen LogP contribution in [0.4, 0.5) is 5.69 Å². The Bertz CT molecular complexity index is 694. The molecule has 1 fully saturated rings. The van der Waals surface area contributed by atoms with E-state index in [9.17, 15) is 4.79 Å². The van der Waals surface area contributed by atoms with Crippen molar-refractivity contribution in [1.82, 2.24) is 5.01 Å². The van der Waals surface area contributed by atoms with Gasteiger partial charge >= 0.3 is 0 Å². The summed E-state index contributed by atoms with van der Waals surface area (Å²) in [5.41, 5.74) is 1.80. The number of hydrogen-bond acceptors (Lipinski definition) is 3. The van der Waals surface area contributed by atoms with E-state index >= 15 is 0 Å². The molecule has 0 atom stereocenters. The summed E-state index contributed by atoms with van der Waals surface area (Å²) in [5, 5.41) is 10.5. The minimum atomic E-state index is -0.0442. The fourth-order valence-corrected chi connectivity index (χ4v) is 2.89. The first-order valence-corrected chi connectivity index (χ1v) is 8.10. The van der Waals surface area contributed by atoms with E-state index in [1.807, 2.05) is 47.5 Å². The molecule has 1 aliphatic heterocycles. The minimum absolute atomic E-state index is 0.0442. The second kappa shape index (κ2) is 6.83. The summed E-state index contributed by atoms with van der Waals surface area (Å²) in [6, 6.07) is 14.7. The Morgan fingerprint density at radius 3 is 2.45 bits per heavy atom. The highest BCUT2D eigenvalue weighted by molar-refractivity contribution is 9.10. The van der Waals surface area contributed by atoms with Crippen molar-refractivity contribution in [3.8, 4) is 0 Å². The molecule has 112 valence electrons. The Hall–Kier alpha value is -2.01. The quantitative estimate of drug-likeness (QED) is 0.584. The van der Waals surface area contributed by atoms with Gasteiger partial charge in [0.15, 0.2) is 5.78 Å². The van der Waals surface area contributed by atoms with Crippen molar-refractivity contribution in [2.24, 2.45) is 10.3 Å². The third-order valence-electron chi connectivity index (χ3n) is 3.62. The van der Waals surface area contributed by atoms with E-state index in [0.29, 0.717) is 16.8 Å². The van der Waals surface area contributed by atoms with Gasteiger partial charge in [0.05, 0.1) is 5.56 Å². The number of nitrogens with zero attached hydrogens (tertiary/aromatic N) is 3. The van der Waals surface area contributed by atoms with Crippen LogP contribution in [0.5, 0.6) is 0 Å². The fraction of sp³-hybridized carbons (Fsp3) is 0.235. The van der Waals surface area contributed by atoms with Crippen molar-refractivity contribution < 1.29 is 4.79 Å². The van der Waals surface area contributed by atoms with Crippen LogP contribution < -0.4 is 0 Å². The molecule has 0 aliphatic carbocycles. The lowest BCUT2D eigenvalue weighted by molar-refractivity contribution is 0.103. The summed E-state index contributed by atoms with van der Waals surface area (Å²) in [6.07, 6.45) is 2.29. The summed E-state index contributed by atoms with van der Waals surface area (Å²) >= 11 is 3.47. The van der Waals surface area contributed by atoms with Crippen LogP contribution in [0.2, 0.25) is 0 Å². The Balaban J connectivity index is 1.94. The van der Waals surface area contributed by atoms with E-state index in [-0.39, 0.29) is 5.78 Å². The number of halogens is 1. The van der Waals surface area contributed by atoms with Gasteiger partial charge in [-0.1, -0.05) is 41.6 Å². The number of carbonyl (C=O) groups excluding carboxylic acids is 1. The maximum atomic E-state index is 12.7. The molecule has 2 aromatic rings. The zero-order valence-electron chi connectivity index (χ0n) is 12.1. The monoisotopic (exact) mass is 357 g/mol. The second-order valence-electron chi connectivity index (χ2n) is 5.18. The highest BCUT2D eigenvalue weighted by Crippen LogP contribution is 2.31. The number of ketones is 1. The maximum absolute atomic E-state index is 12.7. The van der Waals surface area contributed by atoms with Crippen molar-refractivity contribution in [1.29, 1.82) is 0 Å². The van der Waals surface area contributed by atoms with Crippen LogP contribution in [-0.4, -0.2) is 23.9 Å². The SMILES string of the molecule is O=C(c1ccccc1)c1cccc(Br)c1N=NN1CCCC1.